The van der Waals surface area contributed by atoms with Gasteiger partial charge in [0, 0.05) is 19.7 Å². The fourth-order valence-electron chi connectivity index (χ4n) is 2.61. The van der Waals surface area contributed by atoms with E-state index in [4.69, 9.17) is 4.74 Å². The molecule has 1 saturated heterocycles. The molecule has 0 radical (unpaired) electrons. The smallest absolute Gasteiger partial charge is 0.123 e. The predicted molar refractivity (Wildman–Crippen MR) is 77.1 cm³/mol. The van der Waals surface area contributed by atoms with Crippen molar-refractivity contribution >= 4 is 0 Å². The molecule has 0 bridgehead atoms. The molecule has 1 fully saturated rings. The second-order valence-corrected chi connectivity index (χ2v) is 5.38. The average Bonchev–Trinajstić information content (AvgIpc) is 2.96. The highest BCUT2D eigenvalue weighted by atomic mass is 19.1. The van der Waals surface area contributed by atoms with Crippen molar-refractivity contribution in [2.75, 3.05) is 26.2 Å². The summed E-state index contributed by atoms with van der Waals surface area (Å²) in [5, 5.41) is 10.1. The van der Waals surface area contributed by atoms with Crippen LogP contribution in [0, 0.1) is 5.82 Å². The summed E-state index contributed by atoms with van der Waals surface area (Å²) < 4.78 is 18.5. The Hall–Kier alpha value is -0.970. The van der Waals surface area contributed by atoms with Gasteiger partial charge in [-0.1, -0.05) is 19.1 Å². The highest BCUT2D eigenvalue weighted by Gasteiger charge is 2.19. The van der Waals surface area contributed by atoms with Crippen molar-refractivity contribution < 1.29 is 14.2 Å². The molecule has 20 heavy (non-hydrogen) atoms. The molecule has 1 N–H and O–H groups in total. The Bertz CT molecular complexity index is 390. The molecule has 2 unspecified atom stereocenters. The average molecular weight is 281 g/mol. The lowest BCUT2D eigenvalue weighted by Crippen LogP contribution is -2.33. The number of nitrogens with zero attached hydrogens (tertiary/aromatic N) is 1. The molecule has 3 nitrogen and oxygen atoms in total. The van der Waals surface area contributed by atoms with E-state index in [1.165, 1.54) is 12.1 Å². The highest BCUT2D eigenvalue weighted by molar-refractivity contribution is 5.18. The van der Waals surface area contributed by atoms with E-state index in [0.29, 0.717) is 12.5 Å². The summed E-state index contributed by atoms with van der Waals surface area (Å²) in [6.45, 7) is 5.72. The van der Waals surface area contributed by atoms with Gasteiger partial charge in [-0.3, -0.25) is 0 Å². The zero-order valence-corrected chi connectivity index (χ0v) is 12.1. The second kappa shape index (κ2) is 7.72. The fraction of sp³-hybridized carbons (Fsp3) is 0.625. The topological polar surface area (TPSA) is 32.7 Å². The number of hydrogen-bond acceptors (Lipinski definition) is 3. The number of aliphatic hydroxyl groups is 1. The van der Waals surface area contributed by atoms with Crippen molar-refractivity contribution in [2.45, 2.75) is 38.4 Å². The molecule has 112 valence electrons. The van der Waals surface area contributed by atoms with E-state index in [1.54, 1.807) is 12.1 Å². The van der Waals surface area contributed by atoms with Crippen molar-refractivity contribution in [3.05, 3.63) is 35.6 Å². The first-order valence-corrected chi connectivity index (χ1v) is 7.46. The van der Waals surface area contributed by atoms with Crippen LogP contribution < -0.4 is 0 Å². The van der Waals surface area contributed by atoms with Gasteiger partial charge in [0.1, 0.15) is 5.82 Å². The van der Waals surface area contributed by atoms with E-state index in [9.17, 15) is 9.50 Å². The molecule has 2 rings (SSSR count). The van der Waals surface area contributed by atoms with Crippen LogP contribution in [-0.4, -0.2) is 42.4 Å². The highest BCUT2D eigenvalue weighted by Crippen LogP contribution is 2.18. The number of hydrogen-bond donors (Lipinski definition) is 1. The first-order chi connectivity index (χ1) is 9.69. The van der Waals surface area contributed by atoms with Crippen LogP contribution in [0.1, 0.15) is 37.9 Å². The Kier molecular flexibility index (Phi) is 5.95. The number of ether oxygens (including phenoxy) is 1. The van der Waals surface area contributed by atoms with E-state index in [1.807, 2.05) is 0 Å². The standard InChI is InChI=1S/C16H24FNO2/c1-2-18(12-15-4-3-11-20-15)10-9-16(19)13-5-7-14(17)8-6-13/h5-8,15-16,19H,2-4,9-12H2,1H3. The molecule has 4 heteroatoms. The van der Waals surface area contributed by atoms with Gasteiger partial charge >= 0.3 is 0 Å². The summed E-state index contributed by atoms with van der Waals surface area (Å²) in [4.78, 5) is 2.31. The third kappa shape index (κ3) is 4.54. The SMILES string of the molecule is CCN(CCC(O)c1ccc(F)cc1)CC1CCCO1. The number of halogens is 1. The van der Waals surface area contributed by atoms with Crippen LogP contribution in [0.5, 0.6) is 0 Å². The van der Waals surface area contributed by atoms with Gasteiger partial charge in [-0.2, -0.15) is 0 Å². The number of rotatable bonds is 7. The molecule has 0 aliphatic carbocycles. The van der Waals surface area contributed by atoms with Gasteiger partial charge in [-0.15, -0.1) is 0 Å². The second-order valence-electron chi connectivity index (χ2n) is 5.38. The number of benzene rings is 1. The lowest BCUT2D eigenvalue weighted by molar-refractivity contribution is 0.0669. The van der Waals surface area contributed by atoms with E-state index < -0.39 is 6.10 Å². The summed E-state index contributed by atoms with van der Waals surface area (Å²) in [6.07, 6.45) is 2.76. The van der Waals surface area contributed by atoms with Gasteiger partial charge in [0.05, 0.1) is 12.2 Å². The van der Waals surface area contributed by atoms with Crippen LogP contribution in [0.15, 0.2) is 24.3 Å². The van der Waals surface area contributed by atoms with Crippen LogP contribution in [0.2, 0.25) is 0 Å². The quantitative estimate of drug-likeness (QED) is 0.834. The van der Waals surface area contributed by atoms with Gasteiger partial charge in [0.15, 0.2) is 0 Å². The summed E-state index contributed by atoms with van der Waals surface area (Å²) >= 11 is 0. The fourth-order valence-corrected chi connectivity index (χ4v) is 2.61. The van der Waals surface area contributed by atoms with Crippen molar-refractivity contribution in [1.82, 2.24) is 4.90 Å². The van der Waals surface area contributed by atoms with Gasteiger partial charge < -0.3 is 14.7 Å². The monoisotopic (exact) mass is 281 g/mol. The molecule has 1 aromatic carbocycles. The summed E-state index contributed by atoms with van der Waals surface area (Å²) in [5.74, 6) is -0.269. The summed E-state index contributed by atoms with van der Waals surface area (Å²) in [6, 6.07) is 6.08. The lowest BCUT2D eigenvalue weighted by Gasteiger charge is -2.24. The summed E-state index contributed by atoms with van der Waals surface area (Å²) in [5.41, 5.74) is 0.777. The predicted octanol–water partition coefficient (Wildman–Crippen LogP) is 2.75. The maximum Gasteiger partial charge on any atom is 0.123 e. The zero-order valence-electron chi connectivity index (χ0n) is 12.1. The maximum atomic E-state index is 12.8. The third-order valence-corrected chi connectivity index (χ3v) is 3.91. The molecule has 0 spiro atoms. The van der Waals surface area contributed by atoms with Crippen LogP contribution >= 0.6 is 0 Å². The third-order valence-electron chi connectivity index (χ3n) is 3.91. The van der Waals surface area contributed by atoms with Crippen LogP contribution in [-0.2, 0) is 4.74 Å². The number of likely N-dealkylation sites (N-methyl/N-ethyl adjacent to an activating group) is 1. The molecule has 0 saturated carbocycles. The molecular weight excluding hydrogens is 257 g/mol. The minimum atomic E-state index is -0.533. The lowest BCUT2D eigenvalue weighted by atomic mass is 10.1. The van der Waals surface area contributed by atoms with Gasteiger partial charge in [0.25, 0.3) is 0 Å². The molecule has 1 heterocycles. The van der Waals surface area contributed by atoms with Crippen molar-refractivity contribution in [2.24, 2.45) is 0 Å². The van der Waals surface area contributed by atoms with Crippen molar-refractivity contribution in [1.29, 1.82) is 0 Å². The van der Waals surface area contributed by atoms with Gasteiger partial charge in [-0.25, -0.2) is 4.39 Å². The Morgan fingerprint density at radius 1 is 1.40 bits per heavy atom. The Balaban J connectivity index is 1.78. The molecule has 0 aromatic heterocycles. The molecule has 0 amide bonds. The van der Waals surface area contributed by atoms with Gasteiger partial charge in [0.2, 0.25) is 0 Å². The van der Waals surface area contributed by atoms with Crippen molar-refractivity contribution in [3.63, 3.8) is 0 Å². The Morgan fingerprint density at radius 2 is 2.15 bits per heavy atom. The Labute approximate surface area is 120 Å². The van der Waals surface area contributed by atoms with E-state index in [0.717, 1.165) is 44.6 Å². The normalized spacial score (nSPS) is 20.5. The first kappa shape index (κ1) is 15.4. The molecule has 1 aliphatic rings. The van der Waals surface area contributed by atoms with Crippen LogP contribution in [0.3, 0.4) is 0 Å². The van der Waals surface area contributed by atoms with Crippen LogP contribution in [0.4, 0.5) is 4.39 Å². The van der Waals surface area contributed by atoms with E-state index in [2.05, 4.69) is 11.8 Å². The first-order valence-electron chi connectivity index (χ1n) is 7.46. The molecule has 1 aliphatic heterocycles. The van der Waals surface area contributed by atoms with Crippen molar-refractivity contribution in [3.8, 4) is 0 Å². The largest absolute Gasteiger partial charge is 0.388 e. The summed E-state index contributed by atoms with van der Waals surface area (Å²) in [7, 11) is 0. The number of aliphatic hydroxyl groups excluding tert-OH is 1. The molecule has 2 atom stereocenters. The minimum absolute atomic E-state index is 0.269. The Morgan fingerprint density at radius 3 is 2.75 bits per heavy atom. The van der Waals surface area contributed by atoms with Gasteiger partial charge in [-0.05, 0) is 43.5 Å². The van der Waals surface area contributed by atoms with E-state index in [-0.39, 0.29) is 5.82 Å². The minimum Gasteiger partial charge on any atom is -0.388 e. The maximum absolute atomic E-state index is 12.8. The zero-order chi connectivity index (χ0) is 14.4. The van der Waals surface area contributed by atoms with E-state index >= 15 is 0 Å². The molecular formula is C16H24FNO2. The molecule has 1 aromatic rings. The van der Waals surface area contributed by atoms with Crippen LogP contribution in [0.25, 0.3) is 0 Å².